The zero-order chi connectivity index (χ0) is 13.2. The molecule has 2 aliphatic rings. The van der Waals surface area contributed by atoms with Crippen LogP contribution < -0.4 is 5.32 Å². The zero-order valence-corrected chi connectivity index (χ0v) is 10.8. The average molecular weight is 255 g/mol. The highest BCUT2D eigenvalue weighted by Gasteiger charge is 2.31. The Balaban J connectivity index is 2.00. The van der Waals surface area contributed by atoms with Crippen LogP contribution >= 0.6 is 0 Å². The van der Waals surface area contributed by atoms with Crippen LogP contribution in [0.1, 0.15) is 43.6 Å². The normalized spacial score (nSPS) is 27.5. The zero-order valence-electron chi connectivity index (χ0n) is 10.8. The van der Waals surface area contributed by atoms with Crippen molar-refractivity contribution in [3.63, 3.8) is 0 Å². The van der Waals surface area contributed by atoms with Crippen molar-refractivity contribution < 1.29 is 9.59 Å². The molecule has 1 aromatic carbocycles. The van der Waals surface area contributed by atoms with E-state index in [4.69, 9.17) is 0 Å². The van der Waals surface area contributed by atoms with Crippen molar-refractivity contribution in [2.45, 2.75) is 38.0 Å². The van der Waals surface area contributed by atoms with Gasteiger partial charge in [0.05, 0.1) is 6.42 Å². The van der Waals surface area contributed by atoms with Crippen LogP contribution in [0.25, 0.3) is 0 Å². The van der Waals surface area contributed by atoms with Crippen LogP contribution in [-0.2, 0) is 9.59 Å². The highest BCUT2D eigenvalue weighted by atomic mass is 16.2. The Morgan fingerprint density at radius 1 is 1.05 bits per heavy atom. The lowest BCUT2D eigenvalue weighted by atomic mass is 9.77. The van der Waals surface area contributed by atoms with Crippen molar-refractivity contribution in [1.82, 2.24) is 5.32 Å². The number of allylic oxidation sites excluding steroid dienone is 1. The lowest BCUT2D eigenvalue weighted by Gasteiger charge is -2.27. The van der Waals surface area contributed by atoms with Gasteiger partial charge in [0.25, 0.3) is 5.91 Å². The van der Waals surface area contributed by atoms with E-state index in [2.05, 4.69) is 17.4 Å². The van der Waals surface area contributed by atoms with Crippen molar-refractivity contribution in [2.75, 3.05) is 0 Å². The molecule has 1 aliphatic heterocycles. The van der Waals surface area contributed by atoms with Crippen molar-refractivity contribution in [1.29, 1.82) is 0 Å². The molecule has 0 aromatic heterocycles. The Labute approximate surface area is 112 Å². The van der Waals surface area contributed by atoms with Crippen LogP contribution in [0.2, 0.25) is 0 Å². The van der Waals surface area contributed by atoms with E-state index in [0.717, 1.165) is 24.8 Å². The third-order valence-corrected chi connectivity index (χ3v) is 4.06. The standard InChI is InChI=1S/C16H17NO2/c18-15-10-14(16(19)17-15)13-9-5-4-8-12(13)11-6-2-1-3-7-11/h1-3,6-7,12H,4-5,8-10H2,(H,17,18,19)/b14-13+. The third kappa shape index (κ3) is 2.33. The average Bonchev–Trinajstić information content (AvgIpc) is 2.79. The fourth-order valence-electron chi connectivity index (χ4n) is 3.17. The number of benzene rings is 1. The minimum absolute atomic E-state index is 0.162. The van der Waals surface area contributed by atoms with Crippen molar-refractivity contribution >= 4 is 11.8 Å². The second kappa shape index (κ2) is 5.00. The Hall–Kier alpha value is -1.90. The Morgan fingerprint density at radius 2 is 1.84 bits per heavy atom. The van der Waals surface area contributed by atoms with Crippen molar-refractivity contribution in [3.05, 3.63) is 47.0 Å². The van der Waals surface area contributed by atoms with Gasteiger partial charge < -0.3 is 0 Å². The number of carbonyl (C=O) groups is 2. The lowest BCUT2D eigenvalue weighted by molar-refractivity contribution is -0.124. The van der Waals surface area contributed by atoms with E-state index in [9.17, 15) is 9.59 Å². The van der Waals surface area contributed by atoms with Gasteiger partial charge in [0.1, 0.15) is 0 Å². The molecule has 3 rings (SSSR count). The van der Waals surface area contributed by atoms with Gasteiger partial charge >= 0.3 is 0 Å². The van der Waals surface area contributed by atoms with Gasteiger partial charge in [0.15, 0.2) is 0 Å². The molecule has 19 heavy (non-hydrogen) atoms. The molecule has 98 valence electrons. The van der Waals surface area contributed by atoms with E-state index in [1.165, 1.54) is 17.6 Å². The second-order valence-electron chi connectivity index (χ2n) is 5.27. The number of imide groups is 1. The van der Waals surface area contributed by atoms with Crippen LogP contribution in [0.5, 0.6) is 0 Å². The van der Waals surface area contributed by atoms with Gasteiger partial charge in [-0.3, -0.25) is 14.9 Å². The summed E-state index contributed by atoms with van der Waals surface area (Å²) >= 11 is 0. The quantitative estimate of drug-likeness (QED) is 0.619. The van der Waals surface area contributed by atoms with E-state index in [-0.39, 0.29) is 18.2 Å². The summed E-state index contributed by atoms with van der Waals surface area (Å²) in [6.45, 7) is 0. The van der Waals surface area contributed by atoms with Gasteiger partial charge in [-0.2, -0.15) is 0 Å². The highest BCUT2D eigenvalue weighted by Crippen LogP contribution is 2.40. The Morgan fingerprint density at radius 3 is 2.53 bits per heavy atom. The summed E-state index contributed by atoms with van der Waals surface area (Å²) in [5.74, 6) is -0.0330. The smallest absolute Gasteiger partial charge is 0.254 e. The molecule has 0 spiro atoms. The maximum Gasteiger partial charge on any atom is 0.254 e. The maximum atomic E-state index is 11.9. The lowest BCUT2D eigenvalue weighted by Crippen LogP contribution is -2.21. The fraction of sp³-hybridized carbons (Fsp3) is 0.375. The largest absolute Gasteiger partial charge is 0.292 e. The van der Waals surface area contributed by atoms with Gasteiger partial charge in [0.2, 0.25) is 5.91 Å². The minimum atomic E-state index is -0.178. The van der Waals surface area contributed by atoms with Crippen LogP contribution in [0, 0.1) is 0 Å². The molecule has 2 amide bonds. The summed E-state index contributed by atoms with van der Waals surface area (Å²) < 4.78 is 0. The highest BCUT2D eigenvalue weighted by molar-refractivity contribution is 6.13. The van der Waals surface area contributed by atoms with E-state index in [1.807, 2.05) is 18.2 Å². The van der Waals surface area contributed by atoms with Crippen LogP contribution in [0.15, 0.2) is 41.5 Å². The van der Waals surface area contributed by atoms with Crippen molar-refractivity contribution in [2.24, 2.45) is 0 Å². The molecule has 3 heteroatoms. The molecule has 1 saturated heterocycles. The van der Waals surface area contributed by atoms with E-state index < -0.39 is 0 Å². The molecular formula is C16H17NO2. The monoisotopic (exact) mass is 255 g/mol. The predicted molar refractivity (Wildman–Crippen MR) is 72.4 cm³/mol. The molecule has 2 fully saturated rings. The van der Waals surface area contributed by atoms with Crippen LogP contribution in [-0.4, -0.2) is 11.8 Å². The molecule has 1 saturated carbocycles. The summed E-state index contributed by atoms with van der Waals surface area (Å²) in [6.07, 6.45) is 4.58. The summed E-state index contributed by atoms with van der Waals surface area (Å²) in [7, 11) is 0. The van der Waals surface area contributed by atoms with E-state index in [1.54, 1.807) is 0 Å². The number of amides is 2. The Bertz CT molecular complexity index is 545. The van der Waals surface area contributed by atoms with E-state index >= 15 is 0 Å². The third-order valence-electron chi connectivity index (χ3n) is 4.06. The number of nitrogens with one attached hydrogen (secondary N) is 1. The molecule has 1 heterocycles. The SMILES string of the molecule is O=C1C/C(=C2/CCCCC2c2ccccc2)C(=O)N1. The number of rotatable bonds is 1. The van der Waals surface area contributed by atoms with Crippen molar-refractivity contribution in [3.8, 4) is 0 Å². The van der Waals surface area contributed by atoms with Gasteiger partial charge in [0, 0.05) is 11.5 Å². The molecule has 1 N–H and O–H groups in total. The first-order valence-electron chi connectivity index (χ1n) is 6.87. The van der Waals surface area contributed by atoms with Gasteiger partial charge in [-0.15, -0.1) is 0 Å². The first kappa shape index (κ1) is 12.2. The molecule has 3 nitrogen and oxygen atoms in total. The summed E-state index contributed by atoms with van der Waals surface area (Å²) in [5.41, 5.74) is 3.16. The first-order chi connectivity index (χ1) is 9.25. The molecule has 1 atom stereocenters. The van der Waals surface area contributed by atoms with Crippen LogP contribution in [0.3, 0.4) is 0 Å². The number of hydrogen-bond donors (Lipinski definition) is 1. The number of hydrogen-bond acceptors (Lipinski definition) is 2. The number of carbonyl (C=O) groups excluding carboxylic acids is 2. The predicted octanol–water partition coefficient (Wildman–Crippen LogP) is 2.69. The van der Waals surface area contributed by atoms with Crippen LogP contribution in [0.4, 0.5) is 0 Å². The molecule has 0 radical (unpaired) electrons. The molecular weight excluding hydrogens is 238 g/mol. The fourth-order valence-corrected chi connectivity index (χ4v) is 3.17. The van der Waals surface area contributed by atoms with Gasteiger partial charge in [-0.1, -0.05) is 42.3 Å². The molecule has 1 aromatic rings. The topological polar surface area (TPSA) is 46.2 Å². The maximum absolute atomic E-state index is 11.9. The van der Waals surface area contributed by atoms with Gasteiger partial charge in [-0.25, -0.2) is 0 Å². The van der Waals surface area contributed by atoms with Gasteiger partial charge in [-0.05, 0) is 24.8 Å². The Kier molecular flexibility index (Phi) is 3.20. The summed E-state index contributed by atoms with van der Waals surface area (Å²) in [6, 6.07) is 10.3. The summed E-state index contributed by atoms with van der Waals surface area (Å²) in [5, 5.41) is 2.40. The molecule has 1 aliphatic carbocycles. The first-order valence-corrected chi connectivity index (χ1v) is 6.87. The minimum Gasteiger partial charge on any atom is -0.292 e. The second-order valence-corrected chi connectivity index (χ2v) is 5.27. The summed E-state index contributed by atoms with van der Waals surface area (Å²) in [4.78, 5) is 23.3. The van der Waals surface area contributed by atoms with E-state index in [0.29, 0.717) is 5.92 Å². The molecule has 1 unspecified atom stereocenters. The molecule has 0 bridgehead atoms.